The number of nitrogens with zero attached hydrogens (tertiary/aromatic N) is 1. The Balaban J connectivity index is 2.38. The zero-order valence-corrected chi connectivity index (χ0v) is 16.7. The minimum atomic E-state index is -1.16. The van der Waals surface area contributed by atoms with E-state index in [1.165, 1.54) is 20.1 Å². The second-order valence-corrected chi connectivity index (χ2v) is 6.53. The normalized spacial score (nSPS) is 11.9. The van der Waals surface area contributed by atoms with E-state index in [0.717, 1.165) is 4.47 Å². The maximum atomic E-state index is 12.5. The lowest BCUT2D eigenvalue weighted by atomic mass is 10.1. The van der Waals surface area contributed by atoms with Crippen LogP contribution in [0.25, 0.3) is 6.08 Å². The number of halogens is 1. The van der Waals surface area contributed by atoms with Crippen LogP contribution in [0.4, 0.5) is 5.69 Å². The highest BCUT2D eigenvalue weighted by molar-refractivity contribution is 9.10. The van der Waals surface area contributed by atoms with Crippen LogP contribution in [0.2, 0.25) is 0 Å². The van der Waals surface area contributed by atoms with E-state index in [2.05, 4.69) is 21.2 Å². The van der Waals surface area contributed by atoms with Gasteiger partial charge in [-0.2, -0.15) is 5.26 Å². The molecule has 1 atom stereocenters. The molecule has 144 valence electrons. The van der Waals surface area contributed by atoms with Gasteiger partial charge in [-0.1, -0.05) is 34.1 Å². The summed E-state index contributed by atoms with van der Waals surface area (Å²) in [6.45, 7) is 1.37. The predicted octanol–water partition coefficient (Wildman–Crippen LogP) is 3.86. The quantitative estimate of drug-likeness (QED) is 0.495. The molecular formula is C20H17BrN2O5. The summed E-state index contributed by atoms with van der Waals surface area (Å²) in [5.41, 5.74) is 0.677. The van der Waals surface area contributed by atoms with Gasteiger partial charge < -0.3 is 19.9 Å². The SMILES string of the molecule is COc1cccc(/C=C(/C#N)C(=O)Nc2cccc(Br)c2)c1O[C@H](C)C(=O)O. The summed E-state index contributed by atoms with van der Waals surface area (Å²) in [6, 6.07) is 13.6. The molecule has 7 nitrogen and oxygen atoms in total. The Hall–Kier alpha value is -3.31. The number of benzene rings is 2. The number of amides is 1. The van der Waals surface area contributed by atoms with Crippen LogP contribution in [0.1, 0.15) is 12.5 Å². The Morgan fingerprint density at radius 1 is 1.29 bits per heavy atom. The van der Waals surface area contributed by atoms with Gasteiger partial charge in [-0.3, -0.25) is 4.79 Å². The number of carboxylic acid groups (broad SMARTS) is 1. The molecule has 0 aromatic heterocycles. The summed E-state index contributed by atoms with van der Waals surface area (Å²) in [5, 5.41) is 21.2. The third-order valence-corrected chi connectivity index (χ3v) is 4.11. The Bertz CT molecular complexity index is 965. The number of hydrogen-bond donors (Lipinski definition) is 2. The molecule has 0 unspecified atom stereocenters. The zero-order chi connectivity index (χ0) is 20.7. The van der Waals surface area contributed by atoms with E-state index in [-0.39, 0.29) is 17.1 Å². The summed E-state index contributed by atoms with van der Waals surface area (Å²) in [5.74, 6) is -1.36. The summed E-state index contributed by atoms with van der Waals surface area (Å²) in [4.78, 5) is 23.6. The van der Waals surface area contributed by atoms with Crippen molar-refractivity contribution >= 4 is 39.6 Å². The Labute approximate surface area is 170 Å². The van der Waals surface area contributed by atoms with Crippen LogP contribution < -0.4 is 14.8 Å². The molecule has 2 aromatic rings. The number of carboxylic acids is 1. The first kappa shape index (κ1) is 21.0. The first-order valence-corrected chi connectivity index (χ1v) is 8.90. The van der Waals surface area contributed by atoms with Gasteiger partial charge in [0.1, 0.15) is 11.6 Å². The number of rotatable bonds is 7. The molecule has 0 heterocycles. The number of hydrogen-bond acceptors (Lipinski definition) is 5. The van der Waals surface area contributed by atoms with E-state index in [1.54, 1.807) is 42.5 Å². The number of aliphatic carboxylic acids is 1. The fourth-order valence-electron chi connectivity index (χ4n) is 2.23. The van der Waals surface area contributed by atoms with Gasteiger partial charge in [0.15, 0.2) is 17.6 Å². The number of carbonyl (C=O) groups excluding carboxylic acids is 1. The van der Waals surface area contributed by atoms with Crippen molar-refractivity contribution in [2.45, 2.75) is 13.0 Å². The van der Waals surface area contributed by atoms with Gasteiger partial charge >= 0.3 is 5.97 Å². The fourth-order valence-corrected chi connectivity index (χ4v) is 2.63. The maximum Gasteiger partial charge on any atom is 0.344 e. The lowest BCUT2D eigenvalue weighted by molar-refractivity contribution is -0.144. The van der Waals surface area contributed by atoms with Crippen LogP contribution in [0.15, 0.2) is 52.5 Å². The number of carbonyl (C=O) groups is 2. The molecule has 1 amide bonds. The molecule has 0 spiro atoms. The largest absolute Gasteiger partial charge is 0.493 e. The Morgan fingerprint density at radius 3 is 2.61 bits per heavy atom. The van der Waals surface area contributed by atoms with Crippen molar-refractivity contribution < 1.29 is 24.2 Å². The van der Waals surface area contributed by atoms with E-state index < -0.39 is 18.0 Å². The monoisotopic (exact) mass is 444 g/mol. The van der Waals surface area contributed by atoms with Crippen molar-refractivity contribution in [2.75, 3.05) is 12.4 Å². The van der Waals surface area contributed by atoms with Gasteiger partial charge in [0.2, 0.25) is 0 Å². The lowest BCUT2D eigenvalue weighted by Gasteiger charge is -2.16. The first-order chi connectivity index (χ1) is 13.3. The molecule has 0 aliphatic rings. The number of ether oxygens (including phenoxy) is 2. The van der Waals surface area contributed by atoms with Crippen molar-refractivity contribution in [2.24, 2.45) is 0 Å². The third-order valence-electron chi connectivity index (χ3n) is 3.62. The van der Waals surface area contributed by atoms with Gasteiger partial charge in [0, 0.05) is 15.7 Å². The number of anilines is 1. The van der Waals surface area contributed by atoms with E-state index in [0.29, 0.717) is 11.3 Å². The lowest BCUT2D eigenvalue weighted by Crippen LogP contribution is -2.23. The molecular weight excluding hydrogens is 428 g/mol. The highest BCUT2D eigenvalue weighted by Gasteiger charge is 2.19. The molecule has 28 heavy (non-hydrogen) atoms. The standard InChI is InChI=1S/C20H17BrN2O5/c1-12(20(25)26)28-18-13(5-3-8-17(18)27-2)9-14(11-22)19(24)23-16-7-4-6-15(21)10-16/h3-10,12H,1-2H3,(H,23,24)(H,25,26)/b14-9-/t12-/m1/s1. The molecule has 0 aliphatic heterocycles. The van der Waals surface area contributed by atoms with Crippen LogP contribution >= 0.6 is 15.9 Å². The van der Waals surface area contributed by atoms with Gasteiger partial charge in [0.25, 0.3) is 5.91 Å². The smallest absolute Gasteiger partial charge is 0.344 e. The molecule has 2 rings (SSSR count). The van der Waals surface area contributed by atoms with Crippen molar-refractivity contribution in [3.05, 3.63) is 58.1 Å². The highest BCUT2D eigenvalue weighted by atomic mass is 79.9. The van der Waals surface area contributed by atoms with Crippen LogP contribution in [0, 0.1) is 11.3 Å². The summed E-state index contributed by atoms with van der Waals surface area (Å²) in [7, 11) is 1.41. The maximum absolute atomic E-state index is 12.5. The number of para-hydroxylation sites is 1. The zero-order valence-electron chi connectivity index (χ0n) is 15.1. The van der Waals surface area contributed by atoms with Crippen LogP contribution in [0.5, 0.6) is 11.5 Å². The average molecular weight is 445 g/mol. The topological polar surface area (TPSA) is 109 Å². The van der Waals surface area contributed by atoms with Gasteiger partial charge in [-0.05, 0) is 37.3 Å². The molecule has 0 bridgehead atoms. The Morgan fingerprint density at radius 2 is 2.00 bits per heavy atom. The second kappa shape index (κ2) is 9.58. The van der Waals surface area contributed by atoms with Gasteiger partial charge in [-0.15, -0.1) is 0 Å². The summed E-state index contributed by atoms with van der Waals surface area (Å²) >= 11 is 3.31. The highest BCUT2D eigenvalue weighted by Crippen LogP contribution is 2.33. The average Bonchev–Trinajstić information content (AvgIpc) is 2.66. The molecule has 0 fully saturated rings. The van der Waals surface area contributed by atoms with E-state index in [1.807, 2.05) is 6.07 Å². The van der Waals surface area contributed by atoms with Crippen molar-refractivity contribution in [3.63, 3.8) is 0 Å². The molecule has 2 N–H and O–H groups in total. The van der Waals surface area contributed by atoms with E-state index in [9.17, 15) is 14.9 Å². The van der Waals surface area contributed by atoms with Crippen molar-refractivity contribution in [1.29, 1.82) is 5.26 Å². The first-order valence-electron chi connectivity index (χ1n) is 8.11. The minimum absolute atomic E-state index is 0.128. The number of methoxy groups -OCH3 is 1. The fraction of sp³-hybridized carbons (Fsp3) is 0.150. The van der Waals surface area contributed by atoms with Crippen LogP contribution in [-0.4, -0.2) is 30.2 Å². The molecule has 0 radical (unpaired) electrons. The third kappa shape index (κ3) is 5.34. The molecule has 0 saturated carbocycles. The molecule has 0 saturated heterocycles. The van der Waals surface area contributed by atoms with E-state index in [4.69, 9.17) is 14.6 Å². The molecule has 2 aromatic carbocycles. The van der Waals surface area contributed by atoms with E-state index >= 15 is 0 Å². The van der Waals surface area contributed by atoms with Gasteiger partial charge in [0.05, 0.1) is 7.11 Å². The van der Waals surface area contributed by atoms with Crippen LogP contribution in [0.3, 0.4) is 0 Å². The molecule has 0 aliphatic carbocycles. The minimum Gasteiger partial charge on any atom is -0.493 e. The van der Waals surface area contributed by atoms with Crippen molar-refractivity contribution in [3.8, 4) is 17.6 Å². The summed E-state index contributed by atoms with van der Waals surface area (Å²) < 4.78 is 11.5. The number of nitriles is 1. The Kier molecular flexibility index (Phi) is 7.18. The van der Waals surface area contributed by atoms with Crippen LogP contribution in [-0.2, 0) is 9.59 Å². The molecule has 8 heteroatoms. The predicted molar refractivity (Wildman–Crippen MR) is 107 cm³/mol. The van der Waals surface area contributed by atoms with Crippen molar-refractivity contribution in [1.82, 2.24) is 0 Å². The summed E-state index contributed by atoms with van der Waals surface area (Å²) in [6.07, 6.45) is 0.171. The second-order valence-electron chi connectivity index (χ2n) is 5.61. The van der Waals surface area contributed by atoms with Gasteiger partial charge in [-0.25, -0.2) is 4.79 Å². The number of nitrogens with one attached hydrogen (secondary N) is 1.